The number of carbonyl (C=O) groups excluding carboxylic acids is 1. The van der Waals surface area contributed by atoms with Crippen LogP contribution in [0.1, 0.15) is 33.6 Å². The number of hydrogen-bond acceptors (Lipinski definition) is 5. The molecule has 1 aliphatic rings. The summed E-state index contributed by atoms with van der Waals surface area (Å²) in [5.41, 5.74) is -0.709. The third kappa shape index (κ3) is 4.27. The van der Waals surface area contributed by atoms with Crippen LogP contribution in [0.15, 0.2) is 36.0 Å². The number of aliphatic hydroxyl groups is 1. The van der Waals surface area contributed by atoms with Gasteiger partial charge in [0.15, 0.2) is 0 Å². The minimum Gasteiger partial charge on any atom is -0.444 e. The van der Waals surface area contributed by atoms with E-state index in [1.54, 1.807) is 27.8 Å². The Balaban J connectivity index is 1.73. The molecule has 2 aromatic rings. The van der Waals surface area contributed by atoms with Crippen LogP contribution in [0.2, 0.25) is 0 Å². The first-order valence-corrected chi connectivity index (χ1v) is 9.47. The summed E-state index contributed by atoms with van der Waals surface area (Å²) in [4.78, 5) is 31.0. The largest absolute Gasteiger partial charge is 0.444 e. The standard InChI is InChI=1S/C20H28N4O4/c1-5-9-22-10-6-15-16(22)17(25)24(14-21-15)13-20(27)7-11-23(12-8-20)18(26)28-19(2,3)4/h5-6,10,14,27H,1,7-9,11-13H2,2-4H3. The Kier molecular flexibility index (Phi) is 5.34. The molecule has 3 rings (SSSR count). The number of carbonyl (C=O) groups is 1. The molecule has 0 atom stereocenters. The molecule has 0 unspecified atom stereocenters. The summed E-state index contributed by atoms with van der Waals surface area (Å²) >= 11 is 0. The molecule has 1 N–H and O–H groups in total. The third-order valence-corrected chi connectivity index (χ3v) is 4.88. The van der Waals surface area contributed by atoms with Crippen molar-refractivity contribution in [3.8, 4) is 0 Å². The topological polar surface area (TPSA) is 89.6 Å². The van der Waals surface area contributed by atoms with Crippen molar-refractivity contribution >= 4 is 17.1 Å². The van der Waals surface area contributed by atoms with Crippen molar-refractivity contribution in [2.45, 2.75) is 57.9 Å². The summed E-state index contributed by atoms with van der Waals surface area (Å²) in [5, 5.41) is 11.0. The molecule has 1 saturated heterocycles. The minimum atomic E-state index is -1.08. The van der Waals surface area contributed by atoms with Crippen LogP contribution in [0, 0.1) is 0 Å². The Hall–Kier alpha value is -2.61. The highest BCUT2D eigenvalue weighted by atomic mass is 16.6. The summed E-state index contributed by atoms with van der Waals surface area (Å²) in [5.74, 6) is 0. The molecule has 8 heteroatoms. The molecule has 8 nitrogen and oxygen atoms in total. The Morgan fingerprint density at radius 3 is 2.64 bits per heavy atom. The molecule has 2 aromatic heterocycles. The maximum atomic E-state index is 12.9. The molecule has 1 aliphatic heterocycles. The molecule has 0 radical (unpaired) electrons. The van der Waals surface area contributed by atoms with E-state index in [2.05, 4.69) is 11.6 Å². The van der Waals surface area contributed by atoms with Crippen LogP contribution in [0.5, 0.6) is 0 Å². The quantitative estimate of drug-likeness (QED) is 0.811. The zero-order chi connectivity index (χ0) is 20.5. The summed E-state index contributed by atoms with van der Waals surface area (Å²) in [6.45, 7) is 10.6. The second-order valence-corrected chi connectivity index (χ2v) is 8.36. The Morgan fingerprint density at radius 1 is 1.36 bits per heavy atom. The molecule has 152 valence electrons. The van der Waals surface area contributed by atoms with Gasteiger partial charge in [-0.25, -0.2) is 9.78 Å². The lowest BCUT2D eigenvalue weighted by Crippen LogP contribution is -2.50. The van der Waals surface area contributed by atoms with Gasteiger partial charge in [0.1, 0.15) is 11.1 Å². The molecule has 0 bridgehead atoms. The van der Waals surface area contributed by atoms with Gasteiger partial charge in [-0.3, -0.25) is 9.36 Å². The maximum absolute atomic E-state index is 12.9. The lowest BCUT2D eigenvalue weighted by molar-refractivity contribution is -0.0419. The summed E-state index contributed by atoms with van der Waals surface area (Å²) < 4.78 is 8.63. The number of rotatable bonds is 4. The van der Waals surface area contributed by atoms with E-state index in [0.717, 1.165) is 0 Å². The molecular formula is C20H28N4O4. The molecule has 0 aromatic carbocycles. The van der Waals surface area contributed by atoms with E-state index < -0.39 is 11.2 Å². The zero-order valence-corrected chi connectivity index (χ0v) is 16.7. The number of hydrogen-bond donors (Lipinski definition) is 1. The smallest absolute Gasteiger partial charge is 0.410 e. The molecule has 0 aliphatic carbocycles. The lowest BCUT2D eigenvalue weighted by Gasteiger charge is -2.38. The van der Waals surface area contributed by atoms with Gasteiger partial charge in [0.05, 0.1) is 24.0 Å². The fraction of sp³-hybridized carbons (Fsp3) is 0.550. The van der Waals surface area contributed by atoms with Gasteiger partial charge in [0.25, 0.3) is 5.56 Å². The van der Waals surface area contributed by atoms with Gasteiger partial charge in [-0.1, -0.05) is 6.08 Å². The van der Waals surface area contributed by atoms with Crippen molar-refractivity contribution in [1.82, 2.24) is 19.0 Å². The monoisotopic (exact) mass is 388 g/mol. The third-order valence-electron chi connectivity index (χ3n) is 4.88. The van der Waals surface area contributed by atoms with Gasteiger partial charge in [-0.15, -0.1) is 6.58 Å². The number of allylic oxidation sites excluding steroid dienone is 1. The predicted molar refractivity (Wildman–Crippen MR) is 106 cm³/mol. The molecule has 1 amide bonds. The van der Waals surface area contributed by atoms with E-state index in [1.165, 1.54) is 10.9 Å². The highest BCUT2D eigenvalue weighted by Crippen LogP contribution is 2.25. The molecule has 0 saturated carbocycles. The Bertz CT molecular complexity index is 930. The van der Waals surface area contributed by atoms with Gasteiger partial charge in [-0.2, -0.15) is 0 Å². The summed E-state index contributed by atoms with van der Waals surface area (Å²) in [6.07, 6.45) is 5.35. The number of nitrogens with zero attached hydrogens (tertiary/aromatic N) is 4. The van der Waals surface area contributed by atoms with Crippen molar-refractivity contribution in [3.63, 3.8) is 0 Å². The van der Waals surface area contributed by atoms with E-state index in [1.807, 2.05) is 20.8 Å². The summed E-state index contributed by atoms with van der Waals surface area (Å²) in [7, 11) is 0. The van der Waals surface area contributed by atoms with E-state index in [0.29, 0.717) is 43.5 Å². The van der Waals surface area contributed by atoms with E-state index in [4.69, 9.17) is 4.74 Å². The molecule has 28 heavy (non-hydrogen) atoms. The number of aromatic nitrogens is 3. The SMILES string of the molecule is C=CCn1ccc2ncn(CC3(O)CCN(C(=O)OC(C)(C)C)CC3)c(=O)c21. The van der Waals surface area contributed by atoms with Crippen LogP contribution in [0.4, 0.5) is 4.79 Å². The second-order valence-electron chi connectivity index (χ2n) is 8.36. The van der Waals surface area contributed by atoms with Crippen LogP contribution in [0.25, 0.3) is 11.0 Å². The van der Waals surface area contributed by atoms with Crippen molar-refractivity contribution in [2.75, 3.05) is 13.1 Å². The van der Waals surface area contributed by atoms with Gasteiger partial charge in [0.2, 0.25) is 0 Å². The highest BCUT2D eigenvalue weighted by molar-refractivity contribution is 5.74. The van der Waals surface area contributed by atoms with E-state index >= 15 is 0 Å². The van der Waals surface area contributed by atoms with Crippen LogP contribution in [0.3, 0.4) is 0 Å². The first-order valence-electron chi connectivity index (χ1n) is 9.47. The number of fused-ring (bicyclic) bond motifs is 1. The lowest BCUT2D eigenvalue weighted by atomic mass is 9.91. The number of likely N-dealkylation sites (tertiary alicyclic amines) is 1. The highest BCUT2D eigenvalue weighted by Gasteiger charge is 2.36. The zero-order valence-electron chi connectivity index (χ0n) is 16.7. The van der Waals surface area contributed by atoms with Gasteiger partial charge >= 0.3 is 6.09 Å². The summed E-state index contributed by atoms with van der Waals surface area (Å²) in [6, 6.07) is 1.79. The van der Waals surface area contributed by atoms with Crippen molar-refractivity contribution in [3.05, 3.63) is 41.6 Å². The van der Waals surface area contributed by atoms with Gasteiger partial charge in [0, 0.05) is 25.8 Å². The van der Waals surface area contributed by atoms with Gasteiger partial charge in [-0.05, 0) is 39.7 Å². The number of piperidine rings is 1. The molecule has 0 spiro atoms. The number of ether oxygens (including phenoxy) is 1. The van der Waals surface area contributed by atoms with Crippen LogP contribution in [-0.4, -0.2) is 54.5 Å². The first-order chi connectivity index (χ1) is 13.1. The molecular weight excluding hydrogens is 360 g/mol. The van der Waals surface area contributed by atoms with Crippen molar-refractivity contribution in [1.29, 1.82) is 0 Å². The van der Waals surface area contributed by atoms with Crippen molar-refractivity contribution < 1.29 is 14.6 Å². The second kappa shape index (κ2) is 7.43. The van der Waals surface area contributed by atoms with Crippen molar-refractivity contribution in [2.24, 2.45) is 0 Å². The van der Waals surface area contributed by atoms with E-state index in [9.17, 15) is 14.7 Å². The predicted octanol–water partition coefficient (Wildman–Crippen LogP) is 2.15. The fourth-order valence-electron chi connectivity index (χ4n) is 3.43. The fourth-order valence-corrected chi connectivity index (χ4v) is 3.43. The van der Waals surface area contributed by atoms with E-state index in [-0.39, 0.29) is 18.2 Å². The average molecular weight is 388 g/mol. The first kappa shape index (κ1) is 20.1. The number of amides is 1. The normalized spacial score (nSPS) is 16.9. The Labute approximate surface area is 164 Å². The van der Waals surface area contributed by atoms with Crippen LogP contribution < -0.4 is 5.56 Å². The van der Waals surface area contributed by atoms with Crippen LogP contribution in [-0.2, 0) is 17.8 Å². The minimum absolute atomic E-state index is 0.135. The van der Waals surface area contributed by atoms with Crippen LogP contribution >= 0.6 is 0 Å². The average Bonchev–Trinajstić information content (AvgIpc) is 3.00. The maximum Gasteiger partial charge on any atom is 0.410 e. The van der Waals surface area contributed by atoms with Gasteiger partial charge < -0.3 is 19.3 Å². The molecule has 1 fully saturated rings. The Morgan fingerprint density at radius 2 is 2.04 bits per heavy atom. The molecule has 3 heterocycles.